The van der Waals surface area contributed by atoms with E-state index in [-0.39, 0.29) is 31.0 Å². The SMILES string of the molecule is C=CCCCCC(O)O.[H-].[Na+]. The van der Waals surface area contributed by atoms with Crippen LogP contribution in [0.15, 0.2) is 12.7 Å². The predicted molar refractivity (Wildman–Crippen MR) is 38.0 cm³/mol. The first-order valence-electron chi connectivity index (χ1n) is 3.24. The summed E-state index contributed by atoms with van der Waals surface area (Å²) in [6.07, 6.45) is 4.02. The summed E-state index contributed by atoms with van der Waals surface area (Å²) in [6.45, 7) is 3.55. The fraction of sp³-hybridized carbons (Fsp3) is 0.714. The van der Waals surface area contributed by atoms with E-state index in [0.29, 0.717) is 6.42 Å². The third-order valence-corrected chi connectivity index (χ3v) is 1.12. The molecule has 0 unspecified atom stereocenters. The maximum Gasteiger partial charge on any atom is 1.00 e. The van der Waals surface area contributed by atoms with Crippen molar-refractivity contribution < 1.29 is 41.2 Å². The summed E-state index contributed by atoms with van der Waals surface area (Å²) in [7, 11) is 0. The van der Waals surface area contributed by atoms with Crippen LogP contribution in [0.5, 0.6) is 0 Å². The van der Waals surface area contributed by atoms with Crippen LogP contribution in [0.3, 0.4) is 0 Å². The molecule has 3 heteroatoms. The third-order valence-electron chi connectivity index (χ3n) is 1.12. The Morgan fingerprint density at radius 3 is 2.40 bits per heavy atom. The second-order valence-corrected chi connectivity index (χ2v) is 2.05. The average Bonchev–Trinajstić information content (AvgIpc) is 1.80. The standard InChI is InChI=1S/C7H14O2.Na.H/c1-2-3-4-5-6-7(8)9;;/h2,7-9H,1,3-6H2;;/q;+1;-1. The molecule has 56 valence electrons. The van der Waals surface area contributed by atoms with Gasteiger partial charge in [-0.2, -0.15) is 0 Å². The molecule has 0 aliphatic carbocycles. The number of rotatable bonds is 5. The Morgan fingerprint density at radius 2 is 2.00 bits per heavy atom. The van der Waals surface area contributed by atoms with Gasteiger partial charge in [-0.05, 0) is 25.7 Å². The Kier molecular flexibility index (Phi) is 12.8. The van der Waals surface area contributed by atoms with Gasteiger partial charge in [0, 0.05) is 0 Å². The van der Waals surface area contributed by atoms with Gasteiger partial charge in [-0.1, -0.05) is 6.08 Å². The molecule has 0 bridgehead atoms. The van der Waals surface area contributed by atoms with Crippen molar-refractivity contribution in [1.82, 2.24) is 0 Å². The molecule has 0 aromatic heterocycles. The van der Waals surface area contributed by atoms with Crippen LogP contribution in [0.2, 0.25) is 0 Å². The van der Waals surface area contributed by atoms with Crippen molar-refractivity contribution in [3.05, 3.63) is 12.7 Å². The normalized spacial score (nSPS) is 9.10. The fourth-order valence-corrected chi connectivity index (χ4v) is 0.616. The maximum atomic E-state index is 8.38. The minimum atomic E-state index is -1.13. The largest absolute Gasteiger partial charge is 1.00 e. The van der Waals surface area contributed by atoms with Gasteiger partial charge in [-0.3, -0.25) is 0 Å². The number of aliphatic hydroxyl groups is 2. The summed E-state index contributed by atoms with van der Waals surface area (Å²) in [6, 6.07) is 0. The molecule has 0 aromatic rings. The number of allylic oxidation sites excluding steroid dienone is 1. The molecule has 2 N–H and O–H groups in total. The molecule has 2 nitrogen and oxygen atoms in total. The topological polar surface area (TPSA) is 40.5 Å². The molecular weight excluding hydrogens is 139 g/mol. The smallest absolute Gasteiger partial charge is 1.00 e. The minimum absolute atomic E-state index is 0. The summed E-state index contributed by atoms with van der Waals surface area (Å²) in [5.41, 5.74) is 0. The van der Waals surface area contributed by atoms with Crippen LogP contribution in [0, 0.1) is 0 Å². The molecular formula is C7H15NaO2. The van der Waals surface area contributed by atoms with Gasteiger partial charge in [0.1, 0.15) is 0 Å². The fourth-order valence-electron chi connectivity index (χ4n) is 0.616. The Morgan fingerprint density at radius 1 is 1.40 bits per heavy atom. The summed E-state index contributed by atoms with van der Waals surface area (Å²) in [4.78, 5) is 0. The van der Waals surface area contributed by atoms with Crippen molar-refractivity contribution in [2.24, 2.45) is 0 Å². The van der Waals surface area contributed by atoms with Gasteiger partial charge < -0.3 is 11.6 Å². The summed E-state index contributed by atoms with van der Waals surface area (Å²) < 4.78 is 0. The van der Waals surface area contributed by atoms with Crippen LogP contribution in [0.1, 0.15) is 27.1 Å². The van der Waals surface area contributed by atoms with Gasteiger partial charge in [0.15, 0.2) is 6.29 Å². The predicted octanol–water partition coefficient (Wildman–Crippen LogP) is -1.84. The van der Waals surface area contributed by atoms with Gasteiger partial charge in [-0.15, -0.1) is 6.58 Å². The van der Waals surface area contributed by atoms with Crippen molar-refractivity contribution in [2.45, 2.75) is 32.0 Å². The second-order valence-electron chi connectivity index (χ2n) is 2.05. The zero-order valence-corrected chi connectivity index (χ0v) is 8.58. The quantitative estimate of drug-likeness (QED) is 0.211. The zero-order chi connectivity index (χ0) is 7.11. The van der Waals surface area contributed by atoms with Crippen molar-refractivity contribution in [1.29, 1.82) is 0 Å². The molecule has 0 spiro atoms. The Labute approximate surface area is 85.7 Å². The molecule has 0 aromatic carbocycles. The van der Waals surface area contributed by atoms with E-state index in [9.17, 15) is 0 Å². The van der Waals surface area contributed by atoms with Crippen LogP contribution < -0.4 is 29.6 Å². The molecule has 0 heterocycles. The van der Waals surface area contributed by atoms with E-state index in [4.69, 9.17) is 10.2 Å². The summed E-state index contributed by atoms with van der Waals surface area (Å²) >= 11 is 0. The first-order chi connectivity index (χ1) is 4.27. The van der Waals surface area contributed by atoms with E-state index in [1.807, 2.05) is 6.08 Å². The number of unbranched alkanes of at least 4 members (excludes halogenated alkanes) is 2. The van der Waals surface area contributed by atoms with Crippen LogP contribution in [0.25, 0.3) is 0 Å². The molecule has 0 amide bonds. The third kappa shape index (κ3) is 11.5. The molecule has 0 saturated carbocycles. The van der Waals surface area contributed by atoms with Crippen LogP contribution in [0.4, 0.5) is 0 Å². The van der Waals surface area contributed by atoms with Gasteiger partial charge in [0.25, 0.3) is 0 Å². The van der Waals surface area contributed by atoms with Crippen molar-refractivity contribution in [2.75, 3.05) is 0 Å². The summed E-state index contributed by atoms with van der Waals surface area (Å²) in [5, 5.41) is 16.8. The molecule has 0 aliphatic rings. The minimum Gasteiger partial charge on any atom is -1.00 e. The van der Waals surface area contributed by atoms with Crippen molar-refractivity contribution in [3.63, 3.8) is 0 Å². The Balaban J connectivity index is -0.000000320. The van der Waals surface area contributed by atoms with Crippen LogP contribution in [-0.4, -0.2) is 16.5 Å². The Bertz CT molecular complexity index is 78.8. The maximum absolute atomic E-state index is 8.38. The van der Waals surface area contributed by atoms with E-state index in [1.165, 1.54) is 0 Å². The van der Waals surface area contributed by atoms with Gasteiger partial charge in [0.2, 0.25) is 0 Å². The Hall–Kier alpha value is 0.660. The molecule has 0 fully saturated rings. The molecule has 0 rings (SSSR count). The number of hydrogen-bond acceptors (Lipinski definition) is 2. The van der Waals surface area contributed by atoms with E-state index in [1.54, 1.807) is 0 Å². The van der Waals surface area contributed by atoms with Crippen LogP contribution in [-0.2, 0) is 0 Å². The van der Waals surface area contributed by atoms with E-state index in [0.717, 1.165) is 19.3 Å². The van der Waals surface area contributed by atoms with E-state index < -0.39 is 6.29 Å². The monoisotopic (exact) mass is 154 g/mol. The van der Waals surface area contributed by atoms with Crippen molar-refractivity contribution >= 4 is 0 Å². The first kappa shape index (κ1) is 13.3. The van der Waals surface area contributed by atoms with Gasteiger partial charge >= 0.3 is 29.6 Å². The van der Waals surface area contributed by atoms with Gasteiger partial charge in [0.05, 0.1) is 0 Å². The van der Waals surface area contributed by atoms with E-state index >= 15 is 0 Å². The molecule has 0 atom stereocenters. The molecule has 0 radical (unpaired) electrons. The molecule has 0 aliphatic heterocycles. The molecule has 10 heavy (non-hydrogen) atoms. The van der Waals surface area contributed by atoms with E-state index in [2.05, 4.69) is 6.58 Å². The van der Waals surface area contributed by atoms with Crippen molar-refractivity contribution in [3.8, 4) is 0 Å². The zero-order valence-electron chi connectivity index (χ0n) is 7.58. The van der Waals surface area contributed by atoms with Gasteiger partial charge in [-0.25, -0.2) is 0 Å². The number of hydrogen-bond donors (Lipinski definition) is 2. The first-order valence-corrected chi connectivity index (χ1v) is 3.24. The summed E-state index contributed by atoms with van der Waals surface area (Å²) in [5.74, 6) is 0. The van der Waals surface area contributed by atoms with Crippen LogP contribution >= 0.6 is 0 Å². The number of aliphatic hydroxyl groups excluding tert-OH is 1. The molecule has 0 saturated heterocycles. The second kappa shape index (κ2) is 9.66. The average molecular weight is 154 g/mol.